The zero-order valence-electron chi connectivity index (χ0n) is 11.1. The smallest absolute Gasteiger partial charge is 0.284 e. The molecule has 0 unspecified atom stereocenters. The van der Waals surface area contributed by atoms with E-state index in [2.05, 4.69) is 4.40 Å². The SMILES string of the molecule is Cc1ccc(S(=O)(=O)/N=C(/C#N)N2CCOCC2)cc1. The van der Waals surface area contributed by atoms with Crippen LogP contribution < -0.4 is 0 Å². The molecule has 1 aliphatic rings. The zero-order chi connectivity index (χ0) is 14.6. The number of nitriles is 1. The molecule has 7 heteroatoms. The minimum absolute atomic E-state index is 0.0871. The van der Waals surface area contributed by atoms with Crippen molar-refractivity contribution >= 4 is 15.9 Å². The molecular weight excluding hydrogens is 278 g/mol. The molecule has 106 valence electrons. The van der Waals surface area contributed by atoms with Crippen LogP contribution in [-0.4, -0.2) is 45.5 Å². The standard InChI is InChI=1S/C13H15N3O3S/c1-11-2-4-12(5-3-11)20(17,18)15-13(10-14)16-6-8-19-9-7-16/h2-5H,6-9H2,1H3/b15-13-. The number of morpholine rings is 1. The van der Waals surface area contributed by atoms with E-state index in [0.29, 0.717) is 26.3 Å². The normalized spacial score (nSPS) is 16.8. The van der Waals surface area contributed by atoms with Crippen LogP contribution in [-0.2, 0) is 14.8 Å². The minimum Gasteiger partial charge on any atom is -0.378 e. The molecule has 0 radical (unpaired) electrons. The van der Waals surface area contributed by atoms with Gasteiger partial charge in [0.05, 0.1) is 18.1 Å². The number of rotatable bonds is 2. The van der Waals surface area contributed by atoms with Gasteiger partial charge in [0.25, 0.3) is 10.0 Å². The van der Waals surface area contributed by atoms with Gasteiger partial charge in [-0.1, -0.05) is 17.7 Å². The Balaban J connectivity index is 2.30. The molecule has 0 amide bonds. The highest BCUT2D eigenvalue weighted by Gasteiger charge is 2.20. The van der Waals surface area contributed by atoms with Crippen molar-refractivity contribution < 1.29 is 13.2 Å². The van der Waals surface area contributed by atoms with Gasteiger partial charge in [-0.25, -0.2) is 0 Å². The van der Waals surface area contributed by atoms with Crippen LogP contribution in [0.5, 0.6) is 0 Å². The van der Waals surface area contributed by atoms with Gasteiger partial charge in [0.1, 0.15) is 6.07 Å². The quantitative estimate of drug-likeness (QED) is 0.598. The van der Waals surface area contributed by atoms with Crippen LogP contribution in [0.1, 0.15) is 5.56 Å². The van der Waals surface area contributed by atoms with Gasteiger partial charge in [-0.3, -0.25) is 0 Å². The van der Waals surface area contributed by atoms with Gasteiger partial charge >= 0.3 is 0 Å². The molecule has 0 bridgehead atoms. The second-order valence-electron chi connectivity index (χ2n) is 4.41. The fourth-order valence-electron chi connectivity index (χ4n) is 1.80. The van der Waals surface area contributed by atoms with Crippen molar-refractivity contribution in [2.75, 3.05) is 26.3 Å². The number of hydrogen-bond acceptors (Lipinski definition) is 4. The van der Waals surface area contributed by atoms with Crippen molar-refractivity contribution in [3.05, 3.63) is 29.8 Å². The van der Waals surface area contributed by atoms with E-state index in [1.165, 1.54) is 12.1 Å². The Hall–Kier alpha value is -1.91. The molecule has 0 aromatic heterocycles. The summed E-state index contributed by atoms with van der Waals surface area (Å²) < 4.78 is 33.1. The van der Waals surface area contributed by atoms with Crippen LogP contribution in [0.15, 0.2) is 33.6 Å². The maximum atomic E-state index is 12.2. The first kappa shape index (κ1) is 14.5. The molecule has 0 saturated carbocycles. The Morgan fingerprint density at radius 2 is 1.90 bits per heavy atom. The van der Waals surface area contributed by atoms with Gasteiger partial charge in [0.15, 0.2) is 0 Å². The van der Waals surface area contributed by atoms with Crippen molar-refractivity contribution in [1.29, 1.82) is 5.26 Å². The van der Waals surface area contributed by atoms with E-state index in [-0.39, 0.29) is 10.7 Å². The van der Waals surface area contributed by atoms with E-state index < -0.39 is 10.0 Å². The van der Waals surface area contributed by atoms with Crippen molar-refractivity contribution in [1.82, 2.24) is 4.90 Å². The first-order valence-electron chi connectivity index (χ1n) is 6.17. The third-order valence-corrected chi connectivity index (χ3v) is 4.22. The molecule has 6 nitrogen and oxygen atoms in total. The Labute approximate surface area is 118 Å². The topological polar surface area (TPSA) is 82.8 Å². The highest BCUT2D eigenvalue weighted by atomic mass is 32.2. The molecule has 2 rings (SSSR count). The van der Waals surface area contributed by atoms with Crippen molar-refractivity contribution in [3.8, 4) is 6.07 Å². The summed E-state index contributed by atoms with van der Waals surface area (Å²) in [6.45, 7) is 3.73. The fraction of sp³-hybridized carbons (Fsp3) is 0.385. The van der Waals surface area contributed by atoms with Crippen molar-refractivity contribution in [2.24, 2.45) is 4.40 Å². The zero-order valence-corrected chi connectivity index (χ0v) is 11.9. The monoisotopic (exact) mass is 293 g/mol. The van der Waals surface area contributed by atoms with Gasteiger partial charge in [0, 0.05) is 13.1 Å². The molecule has 1 heterocycles. The average molecular weight is 293 g/mol. The molecule has 0 spiro atoms. The molecular formula is C13H15N3O3S. The molecule has 1 fully saturated rings. The lowest BCUT2D eigenvalue weighted by Gasteiger charge is -2.26. The Bertz CT molecular complexity index is 638. The van der Waals surface area contributed by atoms with E-state index in [1.807, 2.05) is 13.0 Å². The van der Waals surface area contributed by atoms with Gasteiger partial charge < -0.3 is 9.64 Å². The molecule has 1 aliphatic heterocycles. The molecule has 0 aliphatic carbocycles. The van der Waals surface area contributed by atoms with E-state index in [0.717, 1.165) is 5.56 Å². The summed E-state index contributed by atoms with van der Waals surface area (Å²) in [6.07, 6.45) is 0. The first-order valence-corrected chi connectivity index (χ1v) is 7.61. The van der Waals surface area contributed by atoms with Crippen LogP contribution in [0.25, 0.3) is 0 Å². The van der Waals surface area contributed by atoms with E-state index >= 15 is 0 Å². The predicted octanol–water partition coefficient (Wildman–Crippen LogP) is 0.938. The van der Waals surface area contributed by atoms with Crippen LogP contribution in [0.3, 0.4) is 0 Å². The third-order valence-electron chi connectivity index (χ3n) is 2.94. The molecule has 1 aromatic rings. The van der Waals surface area contributed by atoms with E-state index in [9.17, 15) is 8.42 Å². The first-order chi connectivity index (χ1) is 9.53. The predicted molar refractivity (Wildman–Crippen MR) is 73.8 cm³/mol. The number of ether oxygens (including phenoxy) is 1. The van der Waals surface area contributed by atoms with Gasteiger partial charge in [0.2, 0.25) is 5.84 Å². The Kier molecular flexibility index (Phi) is 4.37. The third kappa shape index (κ3) is 3.35. The molecule has 0 atom stereocenters. The Morgan fingerprint density at radius 1 is 1.30 bits per heavy atom. The summed E-state index contributed by atoms with van der Waals surface area (Å²) in [5.41, 5.74) is 0.960. The highest BCUT2D eigenvalue weighted by molar-refractivity contribution is 7.90. The number of aryl methyl sites for hydroxylation is 1. The maximum absolute atomic E-state index is 12.2. The summed E-state index contributed by atoms with van der Waals surface area (Å²) in [7, 11) is -3.85. The molecule has 1 saturated heterocycles. The lowest BCUT2D eigenvalue weighted by atomic mass is 10.2. The minimum atomic E-state index is -3.85. The van der Waals surface area contributed by atoms with Crippen molar-refractivity contribution in [3.63, 3.8) is 0 Å². The van der Waals surface area contributed by atoms with Crippen LogP contribution >= 0.6 is 0 Å². The van der Waals surface area contributed by atoms with E-state index in [1.54, 1.807) is 17.0 Å². The second-order valence-corrected chi connectivity index (χ2v) is 6.02. The van der Waals surface area contributed by atoms with Gasteiger partial charge in [-0.15, -0.1) is 4.40 Å². The average Bonchev–Trinajstić information content (AvgIpc) is 2.46. The number of sulfonamides is 1. The maximum Gasteiger partial charge on any atom is 0.284 e. The summed E-state index contributed by atoms with van der Waals surface area (Å²) in [6, 6.07) is 8.22. The summed E-state index contributed by atoms with van der Waals surface area (Å²) in [4.78, 5) is 1.71. The van der Waals surface area contributed by atoms with Crippen molar-refractivity contribution in [2.45, 2.75) is 11.8 Å². The van der Waals surface area contributed by atoms with Crippen LogP contribution in [0, 0.1) is 18.3 Å². The summed E-state index contributed by atoms with van der Waals surface area (Å²) in [5.74, 6) is -0.0890. The van der Waals surface area contributed by atoms with Gasteiger partial charge in [-0.2, -0.15) is 13.7 Å². The Morgan fingerprint density at radius 3 is 2.45 bits per heavy atom. The fourth-order valence-corrected chi connectivity index (χ4v) is 2.77. The lowest BCUT2D eigenvalue weighted by molar-refractivity contribution is 0.0687. The van der Waals surface area contributed by atoms with Gasteiger partial charge in [-0.05, 0) is 19.1 Å². The molecule has 0 N–H and O–H groups in total. The number of hydrogen-bond donors (Lipinski definition) is 0. The van der Waals surface area contributed by atoms with Crippen LogP contribution in [0.2, 0.25) is 0 Å². The summed E-state index contributed by atoms with van der Waals surface area (Å²) in [5, 5.41) is 9.10. The highest BCUT2D eigenvalue weighted by Crippen LogP contribution is 2.14. The summed E-state index contributed by atoms with van der Waals surface area (Å²) >= 11 is 0. The lowest BCUT2D eigenvalue weighted by Crippen LogP contribution is -2.40. The number of amidine groups is 1. The number of benzene rings is 1. The number of nitrogens with zero attached hydrogens (tertiary/aromatic N) is 3. The molecule has 20 heavy (non-hydrogen) atoms. The largest absolute Gasteiger partial charge is 0.378 e. The second kappa shape index (κ2) is 6.03. The van der Waals surface area contributed by atoms with E-state index in [4.69, 9.17) is 10.00 Å². The van der Waals surface area contributed by atoms with Crippen LogP contribution in [0.4, 0.5) is 0 Å². The molecule has 1 aromatic carbocycles.